The number of nitrogens with two attached hydrogens (primary N) is 1. The number of pyridine rings is 2. The zero-order valence-electron chi connectivity index (χ0n) is 11.5. The van der Waals surface area contributed by atoms with Crippen LogP contribution in [0, 0.1) is 0 Å². The summed E-state index contributed by atoms with van der Waals surface area (Å²) in [7, 11) is 3.91. The highest BCUT2D eigenvalue weighted by molar-refractivity contribution is 5.76. The monoisotopic (exact) mass is 268 g/mol. The van der Waals surface area contributed by atoms with Gasteiger partial charge >= 0.3 is 0 Å². The Bertz CT molecular complexity index is 729. The van der Waals surface area contributed by atoms with Crippen LogP contribution in [0.5, 0.6) is 0 Å². The highest BCUT2D eigenvalue weighted by Gasteiger charge is 2.08. The van der Waals surface area contributed by atoms with Gasteiger partial charge in [-0.2, -0.15) is 0 Å². The second-order valence-corrected chi connectivity index (χ2v) is 4.78. The Morgan fingerprint density at radius 3 is 2.65 bits per heavy atom. The number of hydrogen-bond donors (Lipinski definition) is 2. The number of H-pyrrole nitrogens is 1. The first-order valence-electron chi connectivity index (χ1n) is 6.37. The third-order valence-electron chi connectivity index (χ3n) is 3.09. The van der Waals surface area contributed by atoms with E-state index < -0.39 is 0 Å². The molecule has 0 saturated carbocycles. The van der Waals surface area contributed by atoms with Gasteiger partial charge in [0.2, 0.25) is 0 Å². The minimum Gasteiger partial charge on any atom is -0.363 e. The lowest BCUT2D eigenvalue weighted by Gasteiger charge is -2.09. The first kappa shape index (κ1) is 12.6. The number of aromatic amines is 1. The van der Waals surface area contributed by atoms with E-state index in [-0.39, 0.29) is 0 Å². The van der Waals surface area contributed by atoms with Crippen LogP contribution in [0.15, 0.2) is 30.5 Å². The molecule has 0 fully saturated rings. The summed E-state index contributed by atoms with van der Waals surface area (Å²) in [5, 5.41) is 0. The molecule has 3 heterocycles. The van der Waals surface area contributed by atoms with E-state index in [1.165, 1.54) is 0 Å². The Hall–Kier alpha value is -2.47. The lowest BCUT2D eigenvalue weighted by Crippen LogP contribution is -2.10. The largest absolute Gasteiger partial charge is 0.363 e. The van der Waals surface area contributed by atoms with Gasteiger partial charge in [-0.05, 0) is 23.8 Å². The SMILES string of the molecule is CN(C)c1ccc2[nH]c(-c3ccc(CN)cn3)nc2n1. The molecule has 20 heavy (non-hydrogen) atoms. The van der Waals surface area contributed by atoms with Crippen molar-refractivity contribution in [3.8, 4) is 11.5 Å². The van der Waals surface area contributed by atoms with Crippen LogP contribution >= 0.6 is 0 Å². The van der Waals surface area contributed by atoms with Gasteiger partial charge in [0.05, 0.1) is 5.52 Å². The zero-order valence-corrected chi connectivity index (χ0v) is 11.5. The van der Waals surface area contributed by atoms with Crippen molar-refractivity contribution in [1.82, 2.24) is 19.9 Å². The van der Waals surface area contributed by atoms with Crippen molar-refractivity contribution in [1.29, 1.82) is 0 Å². The van der Waals surface area contributed by atoms with Gasteiger partial charge in [-0.3, -0.25) is 4.98 Å². The summed E-state index contributed by atoms with van der Waals surface area (Å²) in [5.41, 5.74) is 8.94. The Labute approximate surface area is 116 Å². The maximum absolute atomic E-state index is 5.57. The van der Waals surface area contributed by atoms with Crippen LogP contribution in [0.3, 0.4) is 0 Å². The first-order chi connectivity index (χ1) is 9.67. The van der Waals surface area contributed by atoms with Crippen molar-refractivity contribution >= 4 is 17.0 Å². The van der Waals surface area contributed by atoms with Crippen molar-refractivity contribution in [3.63, 3.8) is 0 Å². The van der Waals surface area contributed by atoms with Crippen LogP contribution < -0.4 is 10.6 Å². The molecular weight excluding hydrogens is 252 g/mol. The molecule has 3 aromatic heterocycles. The summed E-state index contributed by atoms with van der Waals surface area (Å²) in [6.07, 6.45) is 1.77. The number of rotatable bonds is 3. The molecule has 0 spiro atoms. The zero-order chi connectivity index (χ0) is 14.1. The summed E-state index contributed by atoms with van der Waals surface area (Å²) in [6.45, 7) is 0.487. The molecule has 3 rings (SSSR count). The fourth-order valence-corrected chi connectivity index (χ4v) is 1.94. The van der Waals surface area contributed by atoms with E-state index in [2.05, 4.69) is 19.9 Å². The van der Waals surface area contributed by atoms with Crippen molar-refractivity contribution in [2.24, 2.45) is 5.73 Å². The third-order valence-corrected chi connectivity index (χ3v) is 3.09. The Kier molecular flexibility index (Phi) is 3.08. The highest BCUT2D eigenvalue weighted by atomic mass is 15.2. The van der Waals surface area contributed by atoms with Crippen LogP contribution in [0.25, 0.3) is 22.7 Å². The van der Waals surface area contributed by atoms with Crippen LogP contribution in [0.4, 0.5) is 5.82 Å². The predicted molar refractivity (Wildman–Crippen MR) is 79.3 cm³/mol. The Morgan fingerprint density at radius 1 is 1.15 bits per heavy atom. The molecule has 0 bridgehead atoms. The fourth-order valence-electron chi connectivity index (χ4n) is 1.94. The molecule has 0 saturated heterocycles. The summed E-state index contributed by atoms with van der Waals surface area (Å²) >= 11 is 0. The van der Waals surface area contributed by atoms with Crippen molar-refractivity contribution in [2.75, 3.05) is 19.0 Å². The molecule has 0 aliphatic carbocycles. The lowest BCUT2D eigenvalue weighted by molar-refractivity contribution is 1.05. The molecule has 0 aromatic carbocycles. The molecule has 0 atom stereocenters. The molecule has 0 radical (unpaired) electrons. The van der Waals surface area contributed by atoms with E-state index in [0.29, 0.717) is 18.0 Å². The Balaban J connectivity index is 2.03. The van der Waals surface area contributed by atoms with E-state index >= 15 is 0 Å². The number of anilines is 1. The Morgan fingerprint density at radius 2 is 2.00 bits per heavy atom. The van der Waals surface area contributed by atoms with Gasteiger partial charge in [0, 0.05) is 26.8 Å². The van der Waals surface area contributed by atoms with Gasteiger partial charge in [0.15, 0.2) is 11.5 Å². The molecule has 0 amide bonds. The average molecular weight is 268 g/mol. The summed E-state index contributed by atoms with van der Waals surface area (Å²) < 4.78 is 0. The summed E-state index contributed by atoms with van der Waals surface area (Å²) in [5.74, 6) is 1.59. The van der Waals surface area contributed by atoms with Gasteiger partial charge in [0.1, 0.15) is 11.5 Å². The number of aromatic nitrogens is 4. The first-order valence-corrected chi connectivity index (χ1v) is 6.37. The highest BCUT2D eigenvalue weighted by Crippen LogP contribution is 2.20. The van der Waals surface area contributed by atoms with E-state index in [1.807, 2.05) is 43.3 Å². The third kappa shape index (κ3) is 2.21. The number of imidazole rings is 1. The molecule has 0 unspecified atom stereocenters. The van der Waals surface area contributed by atoms with Gasteiger partial charge < -0.3 is 15.6 Å². The molecule has 6 heteroatoms. The molecule has 0 aliphatic rings. The molecule has 3 N–H and O–H groups in total. The minimum absolute atomic E-state index is 0.487. The smallest absolute Gasteiger partial charge is 0.180 e. The number of hydrogen-bond acceptors (Lipinski definition) is 5. The van der Waals surface area contributed by atoms with Crippen LogP contribution in [0.2, 0.25) is 0 Å². The quantitative estimate of drug-likeness (QED) is 0.753. The molecular formula is C14H16N6. The minimum atomic E-state index is 0.487. The second kappa shape index (κ2) is 4.90. The van der Waals surface area contributed by atoms with E-state index in [4.69, 9.17) is 5.73 Å². The average Bonchev–Trinajstić information content (AvgIpc) is 2.90. The van der Waals surface area contributed by atoms with Crippen LogP contribution in [0.1, 0.15) is 5.56 Å². The normalized spacial score (nSPS) is 10.9. The maximum atomic E-state index is 5.57. The van der Waals surface area contributed by atoms with Crippen molar-refractivity contribution in [2.45, 2.75) is 6.54 Å². The van der Waals surface area contributed by atoms with Crippen molar-refractivity contribution in [3.05, 3.63) is 36.0 Å². The maximum Gasteiger partial charge on any atom is 0.180 e. The van der Waals surface area contributed by atoms with Crippen molar-refractivity contribution < 1.29 is 0 Å². The summed E-state index contributed by atoms with van der Waals surface area (Å²) in [4.78, 5) is 18.5. The number of fused-ring (bicyclic) bond motifs is 1. The van der Waals surface area contributed by atoms with Crippen LogP contribution in [-0.2, 0) is 6.54 Å². The predicted octanol–water partition coefficient (Wildman–Crippen LogP) is 1.54. The lowest BCUT2D eigenvalue weighted by atomic mass is 10.2. The van der Waals surface area contributed by atoms with Gasteiger partial charge in [-0.15, -0.1) is 0 Å². The number of nitrogens with zero attached hydrogens (tertiary/aromatic N) is 4. The number of nitrogens with one attached hydrogen (secondary N) is 1. The van der Waals surface area contributed by atoms with E-state index in [0.717, 1.165) is 22.6 Å². The van der Waals surface area contributed by atoms with Gasteiger partial charge in [-0.1, -0.05) is 6.07 Å². The molecule has 102 valence electrons. The topological polar surface area (TPSA) is 83.7 Å². The molecule has 6 nitrogen and oxygen atoms in total. The van der Waals surface area contributed by atoms with Gasteiger partial charge in [-0.25, -0.2) is 9.97 Å². The van der Waals surface area contributed by atoms with E-state index in [9.17, 15) is 0 Å². The van der Waals surface area contributed by atoms with E-state index in [1.54, 1.807) is 6.20 Å². The second-order valence-electron chi connectivity index (χ2n) is 4.78. The van der Waals surface area contributed by atoms with Gasteiger partial charge in [0.25, 0.3) is 0 Å². The summed E-state index contributed by atoms with van der Waals surface area (Å²) in [6, 6.07) is 7.79. The standard InChI is InChI=1S/C14H16N6/c1-20(2)12-6-5-11-14(18-12)19-13(17-11)10-4-3-9(7-15)8-16-10/h3-6,8H,7,15H2,1-2H3,(H,17,18,19). The van der Waals surface area contributed by atoms with Crippen LogP contribution in [-0.4, -0.2) is 34.0 Å². The fraction of sp³-hybridized carbons (Fsp3) is 0.214. The molecule has 3 aromatic rings. The molecule has 0 aliphatic heterocycles.